The Balaban J connectivity index is 2.81. The number of ether oxygens (including phenoxy) is 1. The van der Waals surface area contributed by atoms with Crippen LogP contribution in [0, 0.1) is 0 Å². The van der Waals surface area contributed by atoms with E-state index in [0.717, 1.165) is 35.3 Å². The number of rotatable bonds is 7. The third-order valence-electron chi connectivity index (χ3n) is 3.04. The van der Waals surface area contributed by atoms with E-state index in [9.17, 15) is 4.79 Å². The lowest BCUT2D eigenvalue weighted by Gasteiger charge is -2.23. The van der Waals surface area contributed by atoms with Crippen molar-refractivity contribution in [1.82, 2.24) is 9.80 Å². The number of carbonyl (C=O) groups excluding carboxylic acids is 1. The van der Waals surface area contributed by atoms with Crippen molar-refractivity contribution >= 4 is 21.8 Å². The number of hydrogen-bond donors (Lipinski definition) is 0. The van der Waals surface area contributed by atoms with Crippen molar-refractivity contribution < 1.29 is 9.53 Å². The molecule has 0 saturated heterocycles. The molecule has 0 aliphatic rings. The first-order chi connectivity index (χ1) is 9.47. The van der Waals surface area contributed by atoms with Crippen LogP contribution in [-0.4, -0.2) is 50.0 Å². The minimum atomic E-state index is 0.123. The molecule has 1 aromatic carbocycles. The zero-order valence-electron chi connectivity index (χ0n) is 12.6. The van der Waals surface area contributed by atoms with E-state index in [2.05, 4.69) is 27.8 Å². The second-order valence-corrected chi connectivity index (χ2v) is 5.81. The summed E-state index contributed by atoms with van der Waals surface area (Å²) in [4.78, 5) is 15.7. The summed E-state index contributed by atoms with van der Waals surface area (Å²) < 4.78 is 6.29. The van der Waals surface area contributed by atoms with Gasteiger partial charge in [-0.25, -0.2) is 0 Å². The van der Waals surface area contributed by atoms with E-state index < -0.39 is 0 Å². The fourth-order valence-corrected chi connectivity index (χ4v) is 2.28. The number of nitrogens with zero attached hydrogens (tertiary/aromatic N) is 2. The summed E-state index contributed by atoms with van der Waals surface area (Å²) in [6.45, 7) is 4.17. The molecule has 0 bridgehead atoms. The van der Waals surface area contributed by atoms with E-state index in [1.165, 1.54) is 0 Å². The normalized spacial score (nSPS) is 10.7. The van der Waals surface area contributed by atoms with Gasteiger partial charge in [-0.1, -0.05) is 22.9 Å². The van der Waals surface area contributed by atoms with E-state index >= 15 is 0 Å². The van der Waals surface area contributed by atoms with Crippen molar-refractivity contribution in [2.45, 2.75) is 19.9 Å². The molecule has 0 unspecified atom stereocenters. The average Bonchev–Trinajstić information content (AvgIpc) is 2.41. The molecule has 112 valence electrons. The molecular formula is C15H23BrN2O2. The number of methoxy groups -OCH3 is 1. The average molecular weight is 343 g/mol. The topological polar surface area (TPSA) is 32.8 Å². The Labute approximate surface area is 129 Å². The quantitative estimate of drug-likeness (QED) is 0.763. The smallest absolute Gasteiger partial charge is 0.236 e. The minimum absolute atomic E-state index is 0.123. The fourth-order valence-electron chi connectivity index (χ4n) is 1.90. The molecule has 0 saturated carbocycles. The van der Waals surface area contributed by atoms with Gasteiger partial charge in [0.2, 0.25) is 5.91 Å². The number of amides is 1. The van der Waals surface area contributed by atoms with Crippen LogP contribution >= 0.6 is 15.9 Å². The number of halogens is 1. The van der Waals surface area contributed by atoms with Crippen LogP contribution < -0.4 is 4.74 Å². The van der Waals surface area contributed by atoms with Crippen molar-refractivity contribution in [3.63, 3.8) is 0 Å². The van der Waals surface area contributed by atoms with Gasteiger partial charge in [-0.05, 0) is 36.7 Å². The molecule has 1 rings (SSSR count). The maximum absolute atomic E-state index is 11.9. The van der Waals surface area contributed by atoms with Crippen LogP contribution in [0.5, 0.6) is 5.75 Å². The molecule has 0 spiro atoms. The van der Waals surface area contributed by atoms with Gasteiger partial charge in [-0.15, -0.1) is 0 Å². The van der Waals surface area contributed by atoms with Gasteiger partial charge in [0.15, 0.2) is 0 Å². The monoisotopic (exact) mass is 342 g/mol. The van der Waals surface area contributed by atoms with Crippen molar-refractivity contribution in [2.75, 3.05) is 34.3 Å². The summed E-state index contributed by atoms with van der Waals surface area (Å²) >= 11 is 3.56. The third kappa shape index (κ3) is 5.13. The SMILES string of the molecule is CCCN(CC(=O)N(C)C)Cc1cc(OC)ccc1Br. The van der Waals surface area contributed by atoms with Crippen LogP contribution in [0.25, 0.3) is 0 Å². The second-order valence-electron chi connectivity index (χ2n) is 4.96. The largest absolute Gasteiger partial charge is 0.497 e. The van der Waals surface area contributed by atoms with Crippen LogP contribution in [0.1, 0.15) is 18.9 Å². The van der Waals surface area contributed by atoms with E-state index in [-0.39, 0.29) is 5.91 Å². The summed E-state index contributed by atoms with van der Waals surface area (Å²) in [5, 5.41) is 0. The van der Waals surface area contributed by atoms with Gasteiger partial charge < -0.3 is 9.64 Å². The highest BCUT2D eigenvalue weighted by Gasteiger charge is 2.14. The Kier molecular flexibility index (Phi) is 7.02. The van der Waals surface area contributed by atoms with Gasteiger partial charge in [0.1, 0.15) is 5.75 Å². The molecule has 1 amide bonds. The summed E-state index contributed by atoms with van der Waals surface area (Å²) in [5.74, 6) is 0.955. The summed E-state index contributed by atoms with van der Waals surface area (Å²) in [7, 11) is 5.23. The zero-order valence-corrected chi connectivity index (χ0v) is 14.2. The second kappa shape index (κ2) is 8.27. The molecule has 4 nitrogen and oxygen atoms in total. The molecule has 0 atom stereocenters. The predicted octanol–water partition coefficient (Wildman–Crippen LogP) is 2.76. The van der Waals surface area contributed by atoms with Crippen LogP contribution in [0.2, 0.25) is 0 Å². The molecule has 5 heteroatoms. The minimum Gasteiger partial charge on any atom is -0.497 e. The molecule has 0 N–H and O–H groups in total. The van der Waals surface area contributed by atoms with Crippen LogP contribution in [-0.2, 0) is 11.3 Å². The van der Waals surface area contributed by atoms with Crippen LogP contribution in [0.3, 0.4) is 0 Å². The highest BCUT2D eigenvalue weighted by atomic mass is 79.9. The molecule has 20 heavy (non-hydrogen) atoms. The Bertz CT molecular complexity index is 449. The molecule has 0 radical (unpaired) electrons. The van der Waals surface area contributed by atoms with E-state index in [1.807, 2.05) is 18.2 Å². The first-order valence-corrected chi connectivity index (χ1v) is 7.52. The standard InChI is InChI=1S/C15H23BrN2O2/c1-5-8-18(11-15(19)17(2)3)10-12-9-13(20-4)6-7-14(12)16/h6-7,9H,5,8,10-11H2,1-4H3. The molecule has 0 aliphatic carbocycles. The Morgan fingerprint density at radius 1 is 1.35 bits per heavy atom. The molecule has 0 aromatic heterocycles. The van der Waals surface area contributed by atoms with Crippen molar-refractivity contribution in [1.29, 1.82) is 0 Å². The first kappa shape index (κ1) is 17.0. The molecule has 0 aliphatic heterocycles. The third-order valence-corrected chi connectivity index (χ3v) is 3.82. The number of benzene rings is 1. The van der Waals surface area contributed by atoms with E-state index in [0.29, 0.717) is 6.54 Å². The van der Waals surface area contributed by atoms with Crippen molar-refractivity contribution in [3.8, 4) is 5.75 Å². The summed E-state index contributed by atoms with van der Waals surface area (Å²) in [6.07, 6.45) is 1.02. The summed E-state index contributed by atoms with van der Waals surface area (Å²) in [5.41, 5.74) is 1.13. The van der Waals surface area contributed by atoms with Gasteiger partial charge in [0, 0.05) is 25.1 Å². The van der Waals surface area contributed by atoms with Crippen LogP contribution in [0.4, 0.5) is 0 Å². The predicted molar refractivity (Wildman–Crippen MR) is 85.0 cm³/mol. The zero-order chi connectivity index (χ0) is 15.1. The molecular weight excluding hydrogens is 320 g/mol. The highest BCUT2D eigenvalue weighted by molar-refractivity contribution is 9.10. The van der Waals surface area contributed by atoms with E-state index in [1.54, 1.807) is 26.1 Å². The Morgan fingerprint density at radius 2 is 2.05 bits per heavy atom. The maximum Gasteiger partial charge on any atom is 0.236 e. The lowest BCUT2D eigenvalue weighted by Crippen LogP contribution is -2.36. The summed E-state index contributed by atoms with van der Waals surface area (Å²) in [6, 6.07) is 5.90. The lowest BCUT2D eigenvalue weighted by atomic mass is 10.2. The maximum atomic E-state index is 11.9. The number of likely N-dealkylation sites (N-methyl/N-ethyl adjacent to an activating group) is 1. The van der Waals surface area contributed by atoms with Crippen molar-refractivity contribution in [2.24, 2.45) is 0 Å². The molecule has 1 aromatic rings. The van der Waals surface area contributed by atoms with Gasteiger partial charge in [0.05, 0.1) is 13.7 Å². The van der Waals surface area contributed by atoms with Gasteiger partial charge in [-0.2, -0.15) is 0 Å². The fraction of sp³-hybridized carbons (Fsp3) is 0.533. The van der Waals surface area contributed by atoms with Gasteiger partial charge >= 0.3 is 0 Å². The van der Waals surface area contributed by atoms with E-state index in [4.69, 9.17) is 4.74 Å². The van der Waals surface area contributed by atoms with Gasteiger partial charge in [-0.3, -0.25) is 9.69 Å². The molecule has 0 fully saturated rings. The van der Waals surface area contributed by atoms with Gasteiger partial charge in [0.25, 0.3) is 0 Å². The molecule has 0 heterocycles. The van der Waals surface area contributed by atoms with Crippen LogP contribution in [0.15, 0.2) is 22.7 Å². The Morgan fingerprint density at radius 3 is 2.60 bits per heavy atom. The first-order valence-electron chi connectivity index (χ1n) is 6.72. The Hall–Kier alpha value is -1.07. The lowest BCUT2D eigenvalue weighted by molar-refractivity contribution is -0.130. The highest BCUT2D eigenvalue weighted by Crippen LogP contribution is 2.23. The van der Waals surface area contributed by atoms with Crippen molar-refractivity contribution in [3.05, 3.63) is 28.2 Å². The number of hydrogen-bond acceptors (Lipinski definition) is 3. The number of carbonyl (C=O) groups is 1.